The van der Waals surface area contributed by atoms with Gasteiger partial charge in [-0.15, -0.1) is 0 Å². The van der Waals surface area contributed by atoms with E-state index in [0.717, 1.165) is 11.0 Å². The van der Waals surface area contributed by atoms with Crippen molar-refractivity contribution in [2.75, 3.05) is 23.3 Å². The molecule has 0 aromatic carbocycles. The number of anilines is 3. The summed E-state index contributed by atoms with van der Waals surface area (Å²) in [7, 11) is 0. The molecule has 0 aliphatic carbocycles. The lowest BCUT2D eigenvalue weighted by Gasteiger charge is -2.31. The predicted molar refractivity (Wildman–Crippen MR) is 109 cm³/mol. The minimum absolute atomic E-state index is 0.146. The molecule has 1 aliphatic heterocycles. The molecule has 0 saturated carbocycles. The molecular formula is C19H24N8O2. The van der Waals surface area contributed by atoms with Gasteiger partial charge in [0, 0.05) is 44.2 Å². The number of ether oxygens (including phenoxy) is 1. The number of nitrogens with two attached hydrogens (primary N) is 1. The summed E-state index contributed by atoms with van der Waals surface area (Å²) in [5.41, 5.74) is 6.97. The Kier molecular flexibility index (Phi) is 5.15. The lowest BCUT2D eigenvalue weighted by molar-refractivity contribution is 0.0911. The number of pyridine rings is 1. The molecule has 10 heteroatoms. The average molecular weight is 396 g/mol. The number of amides is 1. The smallest absolute Gasteiger partial charge is 0.404 e. The van der Waals surface area contributed by atoms with Crippen LogP contribution < -0.4 is 16.0 Å². The summed E-state index contributed by atoms with van der Waals surface area (Å²) in [6.07, 6.45) is 5.81. The van der Waals surface area contributed by atoms with Gasteiger partial charge in [0.15, 0.2) is 0 Å². The number of carbonyl (C=O) groups is 1. The molecular weight excluding hydrogens is 372 g/mol. The summed E-state index contributed by atoms with van der Waals surface area (Å²) in [5.74, 6) is 1.98. The van der Waals surface area contributed by atoms with E-state index in [0.29, 0.717) is 49.6 Å². The fourth-order valence-electron chi connectivity index (χ4n) is 3.45. The highest BCUT2D eigenvalue weighted by Gasteiger charge is 2.23. The SMILES string of the molecule is CC(C)n1cnc2cnc(Nc3ccnc(N4CCC(OC(N)=O)CC4)n3)cc21. The first-order chi connectivity index (χ1) is 14.0. The molecule has 1 saturated heterocycles. The van der Waals surface area contributed by atoms with E-state index in [1.54, 1.807) is 18.5 Å². The van der Waals surface area contributed by atoms with Gasteiger partial charge in [0.1, 0.15) is 23.3 Å². The van der Waals surface area contributed by atoms with Crippen LogP contribution in [0.5, 0.6) is 0 Å². The van der Waals surface area contributed by atoms with Crippen LogP contribution in [0.4, 0.5) is 22.4 Å². The second-order valence-electron chi connectivity index (χ2n) is 7.29. The van der Waals surface area contributed by atoms with Crippen LogP contribution in [-0.2, 0) is 4.74 Å². The average Bonchev–Trinajstić information content (AvgIpc) is 3.12. The summed E-state index contributed by atoms with van der Waals surface area (Å²) in [5, 5.41) is 3.25. The molecule has 10 nitrogen and oxygen atoms in total. The largest absolute Gasteiger partial charge is 0.446 e. The van der Waals surface area contributed by atoms with E-state index in [2.05, 4.69) is 48.6 Å². The highest BCUT2D eigenvalue weighted by atomic mass is 16.6. The van der Waals surface area contributed by atoms with Gasteiger partial charge in [0.2, 0.25) is 5.95 Å². The maximum absolute atomic E-state index is 10.9. The Balaban J connectivity index is 1.47. The second kappa shape index (κ2) is 7.90. The molecule has 4 rings (SSSR count). The molecule has 0 bridgehead atoms. The fraction of sp³-hybridized carbons (Fsp3) is 0.421. The molecule has 29 heavy (non-hydrogen) atoms. The van der Waals surface area contributed by atoms with Crippen LogP contribution in [0.3, 0.4) is 0 Å². The van der Waals surface area contributed by atoms with E-state index in [1.807, 2.05) is 12.4 Å². The minimum Gasteiger partial charge on any atom is -0.446 e. The van der Waals surface area contributed by atoms with Crippen molar-refractivity contribution in [2.45, 2.75) is 38.8 Å². The van der Waals surface area contributed by atoms with Gasteiger partial charge in [0.25, 0.3) is 0 Å². The monoisotopic (exact) mass is 396 g/mol. The van der Waals surface area contributed by atoms with Gasteiger partial charge < -0.3 is 25.3 Å². The molecule has 1 aliphatic rings. The van der Waals surface area contributed by atoms with E-state index in [1.165, 1.54) is 0 Å². The van der Waals surface area contributed by atoms with Gasteiger partial charge in [0.05, 0.1) is 18.0 Å². The standard InChI is InChI=1S/C19H24N8O2/c1-12(2)27-11-23-14-10-22-17(9-15(14)27)24-16-3-6-21-19(25-16)26-7-4-13(5-8-26)29-18(20)28/h3,6,9-13H,4-5,7-8H2,1-2H3,(H2,20,28)(H,21,22,24,25). The van der Waals surface area contributed by atoms with Crippen LogP contribution >= 0.6 is 0 Å². The Morgan fingerprint density at radius 3 is 2.76 bits per heavy atom. The Bertz CT molecular complexity index is 1010. The van der Waals surface area contributed by atoms with E-state index in [9.17, 15) is 4.79 Å². The number of hydrogen-bond acceptors (Lipinski definition) is 8. The third kappa shape index (κ3) is 4.20. The first-order valence-corrected chi connectivity index (χ1v) is 9.63. The normalized spacial score (nSPS) is 15.1. The lowest BCUT2D eigenvalue weighted by atomic mass is 10.1. The summed E-state index contributed by atoms with van der Waals surface area (Å²) in [4.78, 5) is 30.8. The van der Waals surface area contributed by atoms with Crippen molar-refractivity contribution in [1.29, 1.82) is 0 Å². The van der Waals surface area contributed by atoms with Crippen molar-refractivity contribution in [1.82, 2.24) is 24.5 Å². The number of piperidine rings is 1. The molecule has 0 radical (unpaired) electrons. The first-order valence-electron chi connectivity index (χ1n) is 9.63. The van der Waals surface area contributed by atoms with E-state index in [-0.39, 0.29) is 6.10 Å². The van der Waals surface area contributed by atoms with Crippen LogP contribution in [0.2, 0.25) is 0 Å². The van der Waals surface area contributed by atoms with Crippen molar-refractivity contribution in [3.63, 3.8) is 0 Å². The number of imidazole rings is 1. The highest BCUT2D eigenvalue weighted by molar-refractivity contribution is 5.78. The van der Waals surface area contributed by atoms with Crippen molar-refractivity contribution >= 4 is 34.7 Å². The number of nitrogens with one attached hydrogen (secondary N) is 1. The number of carbonyl (C=O) groups excluding carboxylic acids is 1. The molecule has 0 atom stereocenters. The molecule has 1 fully saturated rings. The van der Waals surface area contributed by atoms with Gasteiger partial charge in [-0.3, -0.25) is 0 Å². The zero-order chi connectivity index (χ0) is 20.4. The van der Waals surface area contributed by atoms with Crippen molar-refractivity contribution < 1.29 is 9.53 Å². The number of aromatic nitrogens is 5. The van der Waals surface area contributed by atoms with E-state index < -0.39 is 6.09 Å². The highest BCUT2D eigenvalue weighted by Crippen LogP contribution is 2.23. The molecule has 3 aromatic rings. The summed E-state index contributed by atoms with van der Waals surface area (Å²) in [6, 6.07) is 4.08. The van der Waals surface area contributed by atoms with Crippen LogP contribution in [0.25, 0.3) is 11.0 Å². The number of primary amides is 1. The zero-order valence-electron chi connectivity index (χ0n) is 16.4. The van der Waals surface area contributed by atoms with Gasteiger partial charge >= 0.3 is 6.09 Å². The van der Waals surface area contributed by atoms with Crippen molar-refractivity contribution in [3.05, 3.63) is 30.9 Å². The summed E-state index contributed by atoms with van der Waals surface area (Å²) in [6.45, 7) is 5.62. The quantitative estimate of drug-likeness (QED) is 0.674. The maximum Gasteiger partial charge on any atom is 0.404 e. The molecule has 0 unspecified atom stereocenters. The third-order valence-corrected chi connectivity index (χ3v) is 4.92. The summed E-state index contributed by atoms with van der Waals surface area (Å²) >= 11 is 0. The molecule has 3 N–H and O–H groups in total. The Morgan fingerprint density at radius 1 is 1.24 bits per heavy atom. The van der Waals surface area contributed by atoms with Crippen LogP contribution in [0, 0.1) is 0 Å². The van der Waals surface area contributed by atoms with Crippen LogP contribution in [0.1, 0.15) is 32.7 Å². The first kappa shape index (κ1) is 18.9. The molecule has 0 spiro atoms. The Hall–Kier alpha value is -3.43. The van der Waals surface area contributed by atoms with Gasteiger partial charge in [-0.2, -0.15) is 4.98 Å². The number of rotatable bonds is 5. The topological polar surface area (TPSA) is 124 Å². The van der Waals surface area contributed by atoms with Crippen LogP contribution in [-0.4, -0.2) is 49.8 Å². The molecule has 4 heterocycles. The van der Waals surface area contributed by atoms with Crippen molar-refractivity contribution in [3.8, 4) is 0 Å². The molecule has 3 aromatic heterocycles. The molecule has 152 valence electrons. The van der Waals surface area contributed by atoms with Gasteiger partial charge in [-0.05, 0) is 19.9 Å². The van der Waals surface area contributed by atoms with E-state index >= 15 is 0 Å². The fourth-order valence-corrected chi connectivity index (χ4v) is 3.45. The zero-order valence-corrected chi connectivity index (χ0v) is 16.4. The number of nitrogens with zero attached hydrogens (tertiary/aromatic N) is 6. The van der Waals surface area contributed by atoms with Crippen molar-refractivity contribution in [2.24, 2.45) is 5.73 Å². The third-order valence-electron chi connectivity index (χ3n) is 4.92. The minimum atomic E-state index is -0.728. The van der Waals surface area contributed by atoms with Gasteiger partial charge in [-0.25, -0.2) is 19.7 Å². The predicted octanol–water partition coefficient (Wildman–Crippen LogP) is 2.61. The van der Waals surface area contributed by atoms with Gasteiger partial charge in [-0.1, -0.05) is 0 Å². The number of fused-ring (bicyclic) bond motifs is 1. The lowest BCUT2D eigenvalue weighted by Crippen LogP contribution is -2.39. The Morgan fingerprint density at radius 2 is 2.03 bits per heavy atom. The van der Waals surface area contributed by atoms with Crippen LogP contribution in [0.15, 0.2) is 30.9 Å². The van der Waals surface area contributed by atoms with E-state index in [4.69, 9.17) is 10.5 Å². The Labute approximate surface area is 168 Å². The second-order valence-corrected chi connectivity index (χ2v) is 7.29. The maximum atomic E-state index is 10.9. The molecule has 1 amide bonds. The number of hydrogen-bond donors (Lipinski definition) is 2. The summed E-state index contributed by atoms with van der Waals surface area (Å²) < 4.78 is 7.18.